The molecule has 4 aromatic rings. The number of fused-ring (bicyclic) bond motifs is 3. The molecule has 3 aromatic heterocycles. The van der Waals surface area contributed by atoms with Crippen LogP contribution in [0.2, 0.25) is 0 Å². The molecule has 0 spiro atoms. The molecule has 0 radical (unpaired) electrons. The molecular weight excluding hydrogens is 368 g/mol. The third-order valence-corrected chi connectivity index (χ3v) is 5.15. The molecule has 0 aliphatic heterocycles. The summed E-state index contributed by atoms with van der Waals surface area (Å²) < 4.78 is 8.68. The number of hydrogen-bond acceptors (Lipinski definition) is 4. The lowest BCUT2D eigenvalue weighted by Gasteiger charge is -2.13. The molecule has 1 aromatic carbocycles. The van der Waals surface area contributed by atoms with Crippen LogP contribution in [0.1, 0.15) is 25.5 Å². The van der Waals surface area contributed by atoms with Crippen LogP contribution in [0.4, 0.5) is 0 Å². The summed E-state index contributed by atoms with van der Waals surface area (Å²) in [6, 6.07) is 11.7. The van der Waals surface area contributed by atoms with Gasteiger partial charge in [0.2, 0.25) is 5.91 Å². The molecule has 29 heavy (non-hydrogen) atoms. The fourth-order valence-corrected chi connectivity index (χ4v) is 3.80. The van der Waals surface area contributed by atoms with E-state index in [2.05, 4.69) is 10.4 Å². The third kappa shape index (κ3) is 3.81. The molecular formula is C22H24N4O3. The minimum Gasteiger partial charge on any atom is -0.469 e. The predicted octanol–water partition coefficient (Wildman–Crippen LogP) is 3.01. The second-order valence-electron chi connectivity index (χ2n) is 7.36. The molecule has 1 N–H and O–H groups in total. The van der Waals surface area contributed by atoms with Crippen molar-refractivity contribution in [1.29, 1.82) is 0 Å². The monoisotopic (exact) mass is 392 g/mol. The number of carbonyl (C=O) groups excluding carboxylic acids is 1. The molecule has 0 aliphatic carbocycles. The highest BCUT2D eigenvalue weighted by atomic mass is 16.3. The zero-order chi connectivity index (χ0) is 20.4. The topological polar surface area (TPSA) is 82.1 Å². The van der Waals surface area contributed by atoms with Crippen LogP contribution < -0.4 is 10.9 Å². The smallest absolute Gasteiger partial charge is 0.291 e. The van der Waals surface area contributed by atoms with E-state index in [0.717, 1.165) is 22.0 Å². The Bertz CT molecular complexity index is 1200. The first-order valence-electron chi connectivity index (χ1n) is 9.79. The number of rotatable bonds is 7. The number of amides is 1. The number of aromatic nitrogens is 3. The van der Waals surface area contributed by atoms with Crippen LogP contribution in [0.15, 0.2) is 58.1 Å². The summed E-state index contributed by atoms with van der Waals surface area (Å²) in [6.45, 7) is 2.55. The Morgan fingerprint density at radius 1 is 1.21 bits per heavy atom. The van der Waals surface area contributed by atoms with Gasteiger partial charge in [-0.3, -0.25) is 9.59 Å². The minimum atomic E-state index is -0.129. The van der Waals surface area contributed by atoms with E-state index >= 15 is 0 Å². The first-order valence-corrected chi connectivity index (χ1v) is 9.79. The quantitative estimate of drug-likeness (QED) is 0.524. The van der Waals surface area contributed by atoms with E-state index in [9.17, 15) is 9.59 Å². The Labute approximate surface area is 167 Å². The number of nitrogens with zero attached hydrogens (tertiary/aromatic N) is 3. The highest BCUT2D eigenvalue weighted by molar-refractivity contribution is 6.07. The average molecular weight is 392 g/mol. The molecule has 3 heterocycles. The SMILES string of the molecule is CC(Cc1ccco1)NC(=O)CCCn1c2ccccc2c2cnn(C)c(=O)c21. The van der Waals surface area contributed by atoms with Crippen LogP contribution in [0.25, 0.3) is 21.8 Å². The van der Waals surface area contributed by atoms with Gasteiger partial charge in [-0.1, -0.05) is 18.2 Å². The number of hydrogen-bond donors (Lipinski definition) is 1. The van der Waals surface area contributed by atoms with Crippen molar-refractivity contribution in [3.63, 3.8) is 0 Å². The van der Waals surface area contributed by atoms with E-state index in [-0.39, 0.29) is 17.5 Å². The fourth-order valence-electron chi connectivity index (χ4n) is 3.80. The standard InChI is InChI=1S/C22H24N4O3/c1-15(13-16-7-6-12-29-16)24-20(27)10-5-11-26-19-9-4-3-8-17(19)18-14-23-25(2)22(28)21(18)26/h3-4,6-9,12,14-15H,5,10-11,13H2,1-2H3,(H,24,27). The van der Waals surface area contributed by atoms with Gasteiger partial charge in [-0.25, -0.2) is 4.68 Å². The molecule has 0 aliphatic rings. The van der Waals surface area contributed by atoms with Gasteiger partial charge >= 0.3 is 0 Å². The van der Waals surface area contributed by atoms with Crippen molar-refractivity contribution >= 4 is 27.7 Å². The van der Waals surface area contributed by atoms with Gasteiger partial charge in [-0.2, -0.15) is 5.10 Å². The Morgan fingerprint density at radius 3 is 2.83 bits per heavy atom. The normalized spacial score (nSPS) is 12.5. The predicted molar refractivity (Wildman–Crippen MR) is 112 cm³/mol. The van der Waals surface area contributed by atoms with Crippen molar-refractivity contribution in [3.05, 3.63) is 65.0 Å². The van der Waals surface area contributed by atoms with E-state index in [1.54, 1.807) is 19.5 Å². The number of para-hydroxylation sites is 1. The van der Waals surface area contributed by atoms with Crippen molar-refractivity contribution in [2.45, 2.75) is 38.8 Å². The summed E-state index contributed by atoms with van der Waals surface area (Å²) in [5, 5.41) is 9.02. The molecule has 0 fully saturated rings. The first kappa shape index (κ1) is 19.0. The van der Waals surface area contributed by atoms with Crippen molar-refractivity contribution in [1.82, 2.24) is 19.7 Å². The van der Waals surface area contributed by atoms with Gasteiger partial charge in [0.1, 0.15) is 11.3 Å². The van der Waals surface area contributed by atoms with Gasteiger partial charge < -0.3 is 14.3 Å². The summed E-state index contributed by atoms with van der Waals surface area (Å²) >= 11 is 0. The second kappa shape index (κ2) is 7.95. The Morgan fingerprint density at radius 2 is 2.03 bits per heavy atom. The van der Waals surface area contributed by atoms with Crippen LogP contribution in [0.5, 0.6) is 0 Å². The Balaban J connectivity index is 1.47. The highest BCUT2D eigenvalue weighted by Gasteiger charge is 2.15. The van der Waals surface area contributed by atoms with Crippen molar-refractivity contribution < 1.29 is 9.21 Å². The van der Waals surface area contributed by atoms with Crippen molar-refractivity contribution in [2.75, 3.05) is 0 Å². The summed E-state index contributed by atoms with van der Waals surface area (Å²) in [4.78, 5) is 25.0. The van der Waals surface area contributed by atoms with E-state index in [1.807, 2.05) is 47.9 Å². The van der Waals surface area contributed by atoms with Gasteiger partial charge in [0, 0.05) is 48.8 Å². The van der Waals surface area contributed by atoms with E-state index in [0.29, 0.717) is 31.3 Å². The van der Waals surface area contributed by atoms with Gasteiger partial charge in [-0.05, 0) is 31.5 Å². The van der Waals surface area contributed by atoms with E-state index < -0.39 is 0 Å². The lowest BCUT2D eigenvalue weighted by molar-refractivity contribution is -0.121. The van der Waals surface area contributed by atoms with Crippen LogP contribution in [0.3, 0.4) is 0 Å². The largest absolute Gasteiger partial charge is 0.469 e. The number of furan rings is 1. The van der Waals surface area contributed by atoms with E-state index in [4.69, 9.17) is 4.42 Å². The summed E-state index contributed by atoms with van der Waals surface area (Å²) in [7, 11) is 1.65. The molecule has 4 rings (SSSR count). The molecule has 7 heteroatoms. The zero-order valence-electron chi connectivity index (χ0n) is 16.6. The highest BCUT2D eigenvalue weighted by Crippen LogP contribution is 2.26. The molecule has 0 saturated carbocycles. The molecule has 7 nitrogen and oxygen atoms in total. The molecule has 1 atom stereocenters. The van der Waals surface area contributed by atoms with Crippen molar-refractivity contribution in [3.8, 4) is 0 Å². The lowest BCUT2D eigenvalue weighted by Crippen LogP contribution is -2.34. The first-order chi connectivity index (χ1) is 14.0. The van der Waals surface area contributed by atoms with Crippen LogP contribution in [-0.4, -0.2) is 26.3 Å². The fraction of sp³-hybridized carbons (Fsp3) is 0.318. The number of benzene rings is 1. The second-order valence-corrected chi connectivity index (χ2v) is 7.36. The maximum absolute atomic E-state index is 12.7. The van der Waals surface area contributed by atoms with Gasteiger partial charge in [0.05, 0.1) is 12.5 Å². The maximum atomic E-state index is 12.7. The van der Waals surface area contributed by atoms with Gasteiger partial charge in [0.25, 0.3) is 5.56 Å². The van der Waals surface area contributed by atoms with Crippen LogP contribution in [0, 0.1) is 0 Å². The van der Waals surface area contributed by atoms with Crippen LogP contribution in [-0.2, 0) is 24.8 Å². The van der Waals surface area contributed by atoms with E-state index in [1.165, 1.54) is 4.68 Å². The van der Waals surface area contributed by atoms with Crippen LogP contribution >= 0.6 is 0 Å². The summed E-state index contributed by atoms with van der Waals surface area (Å²) in [6.07, 6.45) is 5.06. The number of aryl methyl sites for hydroxylation is 2. The molecule has 150 valence electrons. The zero-order valence-corrected chi connectivity index (χ0v) is 16.6. The van der Waals surface area contributed by atoms with Gasteiger partial charge in [-0.15, -0.1) is 0 Å². The lowest BCUT2D eigenvalue weighted by atomic mass is 10.2. The van der Waals surface area contributed by atoms with Crippen molar-refractivity contribution in [2.24, 2.45) is 7.05 Å². The summed E-state index contributed by atoms with van der Waals surface area (Å²) in [5.41, 5.74) is 1.49. The minimum absolute atomic E-state index is 0.000238. The Kier molecular flexibility index (Phi) is 5.20. The molecule has 0 saturated heterocycles. The number of nitrogens with one attached hydrogen (secondary N) is 1. The third-order valence-electron chi connectivity index (χ3n) is 5.15. The molecule has 0 bridgehead atoms. The molecule has 1 amide bonds. The molecule has 1 unspecified atom stereocenters. The Hall–Kier alpha value is -3.35. The van der Waals surface area contributed by atoms with Gasteiger partial charge in [0.15, 0.2) is 0 Å². The summed E-state index contributed by atoms with van der Waals surface area (Å²) in [5.74, 6) is 0.854. The average Bonchev–Trinajstić information content (AvgIpc) is 3.31. The number of carbonyl (C=O) groups is 1. The maximum Gasteiger partial charge on any atom is 0.291 e.